The predicted octanol–water partition coefficient (Wildman–Crippen LogP) is -2.24. The molecule has 1 aromatic heterocycles. The maximum atomic E-state index is 10.2. The first kappa shape index (κ1) is 17.6. The molecule has 1 aromatic rings. The number of carbonyl (C=O) groups is 1. The molecule has 0 saturated carbocycles. The number of aromatic nitrogens is 2. The molecular weight excluding hydrogens is 223 g/mol. The van der Waals surface area contributed by atoms with Gasteiger partial charge in [-0.15, -0.1) is 0 Å². The Hall–Kier alpha value is 0.246. The average Bonchev–Trinajstić information content (AvgIpc) is 2.54. The Morgan fingerprint density at radius 2 is 1.80 bits per heavy atom. The van der Waals surface area contributed by atoms with Gasteiger partial charge in [-0.3, -0.25) is 0 Å². The molecule has 0 spiro atoms. The van der Waals surface area contributed by atoms with E-state index in [9.17, 15) is 9.90 Å². The number of aromatic carboxylic acids is 1. The summed E-state index contributed by atoms with van der Waals surface area (Å²) in [6, 6.07) is 0. The van der Waals surface area contributed by atoms with Crippen LogP contribution in [-0.4, -0.2) is 16.1 Å². The molecule has 0 aromatic carbocycles. The number of hydrogen-bond donors (Lipinski definition) is 0. The second kappa shape index (κ2) is 7.51. The van der Waals surface area contributed by atoms with Gasteiger partial charge in [0.1, 0.15) is 5.97 Å². The summed E-state index contributed by atoms with van der Waals surface area (Å²) in [5, 5.41) is 13.7. The second-order valence-electron chi connectivity index (χ2n) is 3.46. The van der Waals surface area contributed by atoms with E-state index in [1.807, 2.05) is 34.6 Å². The molecule has 0 saturated heterocycles. The Labute approximate surface area is 132 Å². The van der Waals surface area contributed by atoms with E-state index in [0.29, 0.717) is 5.82 Å². The van der Waals surface area contributed by atoms with Gasteiger partial charge in [-0.25, -0.2) is 0 Å². The van der Waals surface area contributed by atoms with Crippen LogP contribution in [0.5, 0.6) is 0 Å². The quantitative estimate of drug-likeness (QED) is 0.517. The van der Waals surface area contributed by atoms with Crippen molar-refractivity contribution in [1.82, 2.24) is 10.1 Å². The van der Waals surface area contributed by atoms with Crippen molar-refractivity contribution in [2.75, 3.05) is 0 Å². The third-order valence-corrected chi connectivity index (χ3v) is 1.27. The number of carboxylic acid groups (broad SMARTS) is 1. The Morgan fingerprint density at radius 1 is 1.33 bits per heavy atom. The van der Waals surface area contributed by atoms with Crippen molar-refractivity contribution in [1.29, 1.82) is 0 Å². The van der Waals surface area contributed by atoms with Crippen molar-refractivity contribution in [3.05, 3.63) is 11.7 Å². The van der Waals surface area contributed by atoms with Crippen LogP contribution in [0.4, 0.5) is 0 Å². The molecule has 0 unspecified atom stereocenters. The summed E-state index contributed by atoms with van der Waals surface area (Å²) in [5.41, 5.74) is -0.308. The van der Waals surface area contributed by atoms with Crippen LogP contribution in [-0.2, 0) is 5.41 Å². The molecule has 0 amide bonds. The van der Waals surface area contributed by atoms with Gasteiger partial charge in [0.15, 0.2) is 5.82 Å². The molecule has 0 aliphatic rings. The molecule has 1 heterocycles. The fraction of sp³-hybridized carbons (Fsp3) is 0.667. The fourth-order valence-corrected chi connectivity index (χ4v) is 0.611. The van der Waals surface area contributed by atoms with E-state index < -0.39 is 11.9 Å². The fourth-order valence-electron chi connectivity index (χ4n) is 0.611. The predicted molar refractivity (Wildman–Crippen MR) is 48.7 cm³/mol. The molecule has 6 heteroatoms. The van der Waals surface area contributed by atoms with Gasteiger partial charge in [0, 0.05) is 5.41 Å². The van der Waals surface area contributed by atoms with Gasteiger partial charge in [0.05, 0.1) is 0 Å². The molecule has 5 nitrogen and oxygen atoms in total. The summed E-state index contributed by atoms with van der Waals surface area (Å²) < 4.78 is 4.43. The van der Waals surface area contributed by atoms with E-state index in [1.165, 1.54) is 0 Å². The van der Waals surface area contributed by atoms with E-state index in [0.717, 1.165) is 0 Å². The van der Waals surface area contributed by atoms with Crippen LogP contribution in [0.1, 0.15) is 51.1 Å². The normalized spacial score (nSPS) is 9.67. The topological polar surface area (TPSA) is 79.0 Å². The SMILES string of the molecule is CC.CC(C)(C)c1noc(C(=O)[O-])n1.[K+]. The Bertz CT molecular complexity index is 305. The van der Waals surface area contributed by atoms with Crippen molar-refractivity contribution in [2.24, 2.45) is 0 Å². The summed E-state index contributed by atoms with van der Waals surface area (Å²) in [6.45, 7) is 9.57. The molecule has 0 aliphatic heterocycles. The third kappa shape index (κ3) is 5.77. The second-order valence-corrected chi connectivity index (χ2v) is 3.46. The van der Waals surface area contributed by atoms with Crippen LogP contribution in [0.25, 0.3) is 0 Å². The Morgan fingerprint density at radius 3 is 2.00 bits per heavy atom. The third-order valence-electron chi connectivity index (χ3n) is 1.27. The zero-order valence-corrected chi connectivity index (χ0v) is 13.2. The standard InChI is InChI=1S/C7H10N2O3.C2H6.K/c1-7(2,3)6-8-4(5(10)11)12-9-6;1-2;/h1-3H3,(H,10,11);1-2H3;/q;;+1/p-1. The van der Waals surface area contributed by atoms with Crippen LogP contribution in [0.2, 0.25) is 0 Å². The summed E-state index contributed by atoms with van der Waals surface area (Å²) in [7, 11) is 0. The van der Waals surface area contributed by atoms with Crippen molar-refractivity contribution >= 4 is 5.97 Å². The summed E-state index contributed by atoms with van der Waals surface area (Å²) in [6.07, 6.45) is 0. The van der Waals surface area contributed by atoms with E-state index in [4.69, 9.17) is 0 Å². The van der Waals surface area contributed by atoms with Gasteiger partial charge in [0.2, 0.25) is 0 Å². The van der Waals surface area contributed by atoms with Gasteiger partial charge >= 0.3 is 51.4 Å². The molecule has 0 N–H and O–H groups in total. The molecular formula is C9H15KN2O3. The first-order valence-corrected chi connectivity index (χ1v) is 4.47. The van der Waals surface area contributed by atoms with Crippen LogP contribution in [0.3, 0.4) is 0 Å². The maximum Gasteiger partial charge on any atom is 1.00 e. The molecule has 80 valence electrons. The monoisotopic (exact) mass is 238 g/mol. The summed E-state index contributed by atoms with van der Waals surface area (Å²) in [4.78, 5) is 13.9. The minimum absolute atomic E-state index is 0. The molecule has 1 rings (SSSR count). The Kier molecular flexibility index (Phi) is 8.83. The van der Waals surface area contributed by atoms with E-state index in [-0.39, 0.29) is 56.8 Å². The summed E-state index contributed by atoms with van der Waals surface area (Å²) >= 11 is 0. The average molecular weight is 238 g/mol. The van der Waals surface area contributed by atoms with Crippen molar-refractivity contribution < 1.29 is 65.8 Å². The van der Waals surface area contributed by atoms with Crippen LogP contribution in [0.15, 0.2) is 4.52 Å². The van der Waals surface area contributed by atoms with Crippen LogP contribution < -0.4 is 56.5 Å². The smallest absolute Gasteiger partial charge is 0.540 e. The van der Waals surface area contributed by atoms with Crippen LogP contribution in [0, 0.1) is 0 Å². The van der Waals surface area contributed by atoms with Gasteiger partial charge in [-0.05, 0) is 0 Å². The number of hydrogen-bond acceptors (Lipinski definition) is 5. The minimum Gasteiger partial charge on any atom is -0.540 e. The number of rotatable bonds is 1. The molecule has 0 fully saturated rings. The van der Waals surface area contributed by atoms with Crippen molar-refractivity contribution in [2.45, 2.75) is 40.0 Å². The number of carbonyl (C=O) groups excluding carboxylic acids is 1. The van der Waals surface area contributed by atoms with Crippen molar-refractivity contribution in [3.8, 4) is 0 Å². The van der Waals surface area contributed by atoms with E-state index >= 15 is 0 Å². The first-order chi connectivity index (χ1) is 6.41. The molecule has 0 aliphatic carbocycles. The van der Waals surface area contributed by atoms with Crippen molar-refractivity contribution in [3.63, 3.8) is 0 Å². The largest absolute Gasteiger partial charge is 1.00 e. The number of nitrogens with zero attached hydrogens (tertiary/aromatic N) is 2. The molecule has 0 radical (unpaired) electrons. The maximum absolute atomic E-state index is 10.2. The zero-order chi connectivity index (χ0) is 11.4. The first-order valence-electron chi connectivity index (χ1n) is 4.47. The number of carboxylic acids is 1. The van der Waals surface area contributed by atoms with Gasteiger partial charge in [-0.2, -0.15) is 4.98 Å². The molecule has 0 bridgehead atoms. The van der Waals surface area contributed by atoms with Gasteiger partial charge in [0.25, 0.3) is 5.89 Å². The Balaban J connectivity index is 0. The van der Waals surface area contributed by atoms with Gasteiger partial charge < -0.3 is 14.4 Å². The summed E-state index contributed by atoms with van der Waals surface area (Å²) in [5.74, 6) is -1.56. The molecule has 15 heavy (non-hydrogen) atoms. The van der Waals surface area contributed by atoms with E-state index in [2.05, 4.69) is 14.7 Å². The van der Waals surface area contributed by atoms with E-state index in [1.54, 1.807) is 0 Å². The zero-order valence-electron chi connectivity index (χ0n) is 10.1. The minimum atomic E-state index is -1.45. The molecule has 0 atom stereocenters. The van der Waals surface area contributed by atoms with Gasteiger partial charge in [-0.1, -0.05) is 39.8 Å². The van der Waals surface area contributed by atoms with Crippen LogP contribution >= 0.6 is 0 Å².